The van der Waals surface area contributed by atoms with E-state index in [2.05, 4.69) is 5.32 Å². The molecule has 5 heteroatoms. The van der Waals surface area contributed by atoms with E-state index in [-0.39, 0.29) is 12.5 Å². The molecule has 0 radical (unpaired) electrons. The lowest BCUT2D eigenvalue weighted by Crippen LogP contribution is -2.50. The summed E-state index contributed by atoms with van der Waals surface area (Å²) < 4.78 is 0. The van der Waals surface area contributed by atoms with Gasteiger partial charge in [0, 0.05) is 4.90 Å². The summed E-state index contributed by atoms with van der Waals surface area (Å²) in [5.74, 6) is 0.147. The second-order valence-corrected chi connectivity index (χ2v) is 6.44. The van der Waals surface area contributed by atoms with Crippen molar-refractivity contribution in [2.24, 2.45) is 5.92 Å². The summed E-state index contributed by atoms with van der Waals surface area (Å²) >= 11 is 7.65. The number of amides is 1. The molecule has 0 bridgehead atoms. The van der Waals surface area contributed by atoms with Gasteiger partial charge in [0.15, 0.2) is 0 Å². The minimum absolute atomic E-state index is 0.0523. The van der Waals surface area contributed by atoms with Crippen molar-refractivity contribution in [2.75, 3.05) is 12.9 Å². The molecule has 1 aliphatic rings. The van der Waals surface area contributed by atoms with Crippen LogP contribution in [-0.4, -0.2) is 29.4 Å². The van der Waals surface area contributed by atoms with Crippen LogP contribution in [0.4, 0.5) is 0 Å². The number of aliphatic hydroxyl groups excluding tert-OH is 1. The van der Waals surface area contributed by atoms with E-state index >= 15 is 0 Å². The Morgan fingerprint density at radius 1 is 1.58 bits per heavy atom. The molecule has 104 valence electrons. The van der Waals surface area contributed by atoms with Gasteiger partial charge in [0.25, 0.3) is 5.91 Å². The summed E-state index contributed by atoms with van der Waals surface area (Å²) in [6.45, 7) is 1.83. The van der Waals surface area contributed by atoms with Crippen LogP contribution in [0.2, 0.25) is 5.02 Å². The second kappa shape index (κ2) is 5.73. The van der Waals surface area contributed by atoms with E-state index in [0.717, 1.165) is 17.7 Å². The topological polar surface area (TPSA) is 49.3 Å². The third-order valence-electron chi connectivity index (χ3n) is 3.62. The van der Waals surface area contributed by atoms with Crippen LogP contribution < -0.4 is 5.32 Å². The summed E-state index contributed by atoms with van der Waals surface area (Å²) in [6.07, 6.45) is 4.05. The summed E-state index contributed by atoms with van der Waals surface area (Å²) in [6, 6.07) is 5.40. The molecule has 1 aromatic carbocycles. The van der Waals surface area contributed by atoms with Gasteiger partial charge in [-0.15, -0.1) is 11.8 Å². The molecule has 2 rings (SSSR count). The average Bonchev–Trinajstić information content (AvgIpc) is 3.23. The van der Waals surface area contributed by atoms with Gasteiger partial charge in [0.05, 0.1) is 22.7 Å². The third-order valence-corrected chi connectivity index (χ3v) is 4.68. The normalized spacial score (nSPS) is 17.9. The number of nitrogens with one attached hydrogen (secondary N) is 1. The average molecular weight is 300 g/mol. The zero-order valence-electron chi connectivity index (χ0n) is 11.1. The molecule has 3 nitrogen and oxygen atoms in total. The first-order valence-electron chi connectivity index (χ1n) is 6.27. The lowest BCUT2D eigenvalue weighted by molar-refractivity contribution is 0.0824. The molecule has 0 spiro atoms. The van der Waals surface area contributed by atoms with E-state index in [1.165, 1.54) is 0 Å². The highest BCUT2D eigenvalue weighted by Crippen LogP contribution is 2.39. The van der Waals surface area contributed by atoms with Crippen LogP contribution in [0.5, 0.6) is 0 Å². The molecular formula is C14H18ClNO2S. The van der Waals surface area contributed by atoms with Gasteiger partial charge in [0.2, 0.25) is 0 Å². The highest BCUT2D eigenvalue weighted by atomic mass is 35.5. The summed E-state index contributed by atoms with van der Waals surface area (Å²) in [4.78, 5) is 13.3. The van der Waals surface area contributed by atoms with Crippen LogP contribution in [0.15, 0.2) is 23.1 Å². The van der Waals surface area contributed by atoms with Gasteiger partial charge < -0.3 is 10.4 Å². The molecule has 1 amide bonds. The van der Waals surface area contributed by atoms with Gasteiger partial charge in [0.1, 0.15) is 0 Å². The van der Waals surface area contributed by atoms with E-state index in [9.17, 15) is 9.90 Å². The predicted octanol–water partition coefficient (Wildman–Crippen LogP) is 2.95. The minimum atomic E-state index is -0.546. The monoisotopic (exact) mass is 299 g/mol. The summed E-state index contributed by atoms with van der Waals surface area (Å²) in [7, 11) is 0. The largest absolute Gasteiger partial charge is 0.394 e. The van der Waals surface area contributed by atoms with Crippen molar-refractivity contribution in [3.8, 4) is 0 Å². The fourth-order valence-electron chi connectivity index (χ4n) is 2.12. The maximum absolute atomic E-state index is 12.3. The van der Waals surface area contributed by atoms with E-state index in [1.54, 1.807) is 23.9 Å². The fourth-order valence-corrected chi connectivity index (χ4v) is 2.77. The van der Waals surface area contributed by atoms with Crippen LogP contribution >= 0.6 is 23.4 Å². The standard InChI is InChI=1S/C14H18ClNO2S/c1-14(8-17,9-3-4-9)16-13(18)11-7-10(19-2)5-6-12(11)15/h5-7,9,17H,3-4,8H2,1-2H3,(H,16,18). The Balaban J connectivity index is 2.19. The Labute approximate surface area is 122 Å². The highest BCUT2D eigenvalue weighted by molar-refractivity contribution is 7.98. The lowest BCUT2D eigenvalue weighted by atomic mass is 9.96. The van der Waals surface area contributed by atoms with Gasteiger partial charge in [-0.2, -0.15) is 0 Å². The fraction of sp³-hybridized carbons (Fsp3) is 0.500. The van der Waals surface area contributed by atoms with Crippen LogP contribution in [-0.2, 0) is 0 Å². The van der Waals surface area contributed by atoms with Gasteiger partial charge in [-0.1, -0.05) is 11.6 Å². The number of rotatable bonds is 5. The second-order valence-electron chi connectivity index (χ2n) is 5.15. The molecule has 1 unspecified atom stereocenters. The van der Waals surface area contributed by atoms with E-state index in [1.807, 2.05) is 19.2 Å². The van der Waals surface area contributed by atoms with E-state index in [4.69, 9.17) is 11.6 Å². The number of hydrogen-bond donors (Lipinski definition) is 2. The SMILES string of the molecule is CSc1ccc(Cl)c(C(=O)NC(C)(CO)C2CC2)c1. The van der Waals surface area contributed by atoms with Gasteiger partial charge in [-0.05, 0) is 50.1 Å². The van der Waals surface area contributed by atoms with Crippen molar-refractivity contribution in [1.82, 2.24) is 5.32 Å². The molecule has 1 atom stereocenters. The number of thioether (sulfide) groups is 1. The molecule has 2 N–H and O–H groups in total. The van der Waals surface area contributed by atoms with Crippen LogP contribution in [0.1, 0.15) is 30.1 Å². The molecular weight excluding hydrogens is 282 g/mol. The first-order valence-corrected chi connectivity index (χ1v) is 7.87. The summed E-state index contributed by atoms with van der Waals surface area (Å²) in [5, 5.41) is 12.9. The Hall–Kier alpha value is -0.710. The third kappa shape index (κ3) is 3.25. The Kier molecular flexibility index (Phi) is 4.43. The van der Waals surface area contributed by atoms with E-state index < -0.39 is 5.54 Å². The Morgan fingerprint density at radius 3 is 2.79 bits per heavy atom. The maximum Gasteiger partial charge on any atom is 0.253 e. The molecule has 1 aliphatic carbocycles. The maximum atomic E-state index is 12.3. The molecule has 0 aromatic heterocycles. The Bertz CT molecular complexity index is 490. The van der Waals surface area contributed by atoms with Crippen molar-refractivity contribution >= 4 is 29.3 Å². The molecule has 1 aromatic rings. The molecule has 0 saturated heterocycles. The molecule has 1 fully saturated rings. The number of benzene rings is 1. The predicted molar refractivity (Wildman–Crippen MR) is 78.9 cm³/mol. The number of aliphatic hydroxyl groups is 1. The first-order chi connectivity index (χ1) is 9.00. The molecule has 0 aliphatic heterocycles. The Morgan fingerprint density at radius 2 is 2.26 bits per heavy atom. The number of carbonyl (C=O) groups excluding carboxylic acids is 1. The van der Waals surface area contributed by atoms with E-state index in [0.29, 0.717) is 16.5 Å². The van der Waals surface area contributed by atoms with Gasteiger partial charge in [-0.3, -0.25) is 4.79 Å². The van der Waals surface area contributed by atoms with Crippen LogP contribution in [0, 0.1) is 5.92 Å². The highest BCUT2D eigenvalue weighted by Gasteiger charge is 2.42. The van der Waals surface area contributed by atoms with Crippen LogP contribution in [0.25, 0.3) is 0 Å². The first kappa shape index (κ1) is 14.7. The zero-order valence-corrected chi connectivity index (χ0v) is 12.6. The minimum Gasteiger partial charge on any atom is -0.394 e. The van der Waals surface area contributed by atoms with Crippen molar-refractivity contribution in [3.63, 3.8) is 0 Å². The van der Waals surface area contributed by atoms with Crippen LogP contribution in [0.3, 0.4) is 0 Å². The van der Waals surface area contributed by atoms with Crippen molar-refractivity contribution in [1.29, 1.82) is 0 Å². The molecule has 1 saturated carbocycles. The lowest BCUT2D eigenvalue weighted by Gasteiger charge is -2.29. The van der Waals surface area contributed by atoms with Gasteiger partial charge >= 0.3 is 0 Å². The number of halogens is 1. The smallest absolute Gasteiger partial charge is 0.253 e. The van der Waals surface area contributed by atoms with Gasteiger partial charge in [-0.25, -0.2) is 0 Å². The quantitative estimate of drug-likeness (QED) is 0.822. The zero-order chi connectivity index (χ0) is 14.0. The van der Waals surface area contributed by atoms with Crippen molar-refractivity contribution in [3.05, 3.63) is 28.8 Å². The van der Waals surface area contributed by atoms with Crippen molar-refractivity contribution in [2.45, 2.75) is 30.2 Å². The number of carbonyl (C=O) groups is 1. The molecule has 0 heterocycles. The van der Waals surface area contributed by atoms with Crippen molar-refractivity contribution < 1.29 is 9.90 Å². The molecule has 19 heavy (non-hydrogen) atoms. The summed E-state index contributed by atoms with van der Waals surface area (Å²) in [5.41, 5.74) is -0.0793. The number of hydrogen-bond acceptors (Lipinski definition) is 3.